The first kappa shape index (κ1) is 21.6. The van der Waals surface area contributed by atoms with Gasteiger partial charge in [-0.15, -0.1) is 13.2 Å². The SMILES string of the molecule is O=C(Nc1ccc(Cc2ccc(OC(F)(F)F)cc2)cc1)Nc1c[nH]c2ccc(Cl)cc12. The lowest BCUT2D eigenvalue weighted by Crippen LogP contribution is -2.19. The highest BCUT2D eigenvalue weighted by molar-refractivity contribution is 6.31. The average molecular weight is 460 g/mol. The Hall–Kier alpha value is -3.65. The van der Waals surface area contributed by atoms with Crippen LogP contribution < -0.4 is 15.4 Å². The number of H-pyrrole nitrogens is 1. The van der Waals surface area contributed by atoms with Gasteiger partial charge in [0.05, 0.1) is 5.69 Å². The van der Waals surface area contributed by atoms with Crippen molar-refractivity contribution < 1.29 is 22.7 Å². The van der Waals surface area contributed by atoms with E-state index in [1.165, 1.54) is 12.1 Å². The number of halogens is 4. The van der Waals surface area contributed by atoms with Crippen LogP contribution in [-0.4, -0.2) is 17.4 Å². The third-order valence-corrected chi connectivity index (χ3v) is 4.90. The number of rotatable bonds is 5. The molecule has 1 heterocycles. The average Bonchev–Trinajstić information content (AvgIpc) is 3.11. The fraction of sp³-hybridized carbons (Fsp3) is 0.0870. The van der Waals surface area contributed by atoms with Crippen molar-refractivity contribution >= 4 is 39.9 Å². The number of anilines is 2. The molecule has 0 aliphatic carbocycles. The summed E-state index contributed by atoms with van der Waals surface area (Å²) >= 11 is 6.03. The van der Waals surface area contributed by atoms with Gasteiger partial charge in [0.25, 0.3) is 0 Å². The monoisotopic (exact) mass is 459 g/mol. The summed E-state index contributed by atoms with van der Waals surface area (Å²) in [5.41, 5.74) is 3.82. The molecule has 164 valence electrons. The van der Waals surface area contributed by atoms with Crippen molar-refractivity contribution in [1.29, 1.82) is 0 Å². The van der Waals surface area contributed by atoms with Crippen LogP contribution in [0.2, 0.25) is 5.02 Å². The Morgan fingerprint density at radius 2 is 1.59 bits per heavy atom. The molecule has 4 aromatic rings. The minimum Gasteiger partial charge on any atom is -0.406 e. The zero-order valence-electron chi connectivity index (χ0n) is 16.5. The lowest BCUT2D eigenvalue weighted by Gasteiger charge is -2.10. The minimum absolute atomic E-state index is 0.260. The highest BCUT2D eigenvalue weighted by Crippen LogP contribution is 2.27. The van der Waals surface area contributed by atoms with Gasteiger partial charge in [0.2, 0.25) is 0 Å². The van der Waals surface area contributed by atoms with Crippen LogP contribution in [0.5, 0.6) is 5.75 Å². The molecule has 0 saturated carbocycles. The normalized spacial score (nSPS) is 11.4. The third-order valence-electron chi connectivity index (χ3n) is 4.67. The number of hydrogen-bond acceptors (Lipinski definition) is 2. The van der Waals surface area contributed by atoms with E-state index in [0.717, 1.165) is 22.0 Å². The Morgan fingerprint density at radius 1 is 0.938 bits per heavy atom. The van der Waals surface area contributed by atoms with Crippen LogP contribution in [0.1, 0.15) is 11.1 Å². The van der Waals surface area contributed by atoms with Gasteiger partial charge in [0.15, 0.2) is 0 Å². The molecule has 0 atom stereocenters. The van der Waals surface area contributed by atoms with Gasteiger partial charge >= 0.3 is 12.4 Å². The van der Waals surface area contributed by atoms with Gasteiger partial charge in [-0.3, -0.25) is 0 Å². The van der Waals surface area contributed by atoms with E-state index in [-0.39, 0.29) is 5.75 Å². The molecule has 4 rings (SSSR count). The number of urea groups is 1. The zero-order chi connectivity index (χ0) is 22.7. The van der Waals surface area contributed by atoms with E-state index in [1.54, 1.807) is 42.6 Å². The summed E-state index contributed by atoms with van der Waals surface area (Å²) in [6.07, 6.45) is -2.50. The van der Waals surface area contributed by atoms with Crippen molar-refractivity contribution in [3.63, 3.8) is 0 Å². The molecular formula is C23H17ClF3N3O2. The highest BCUT2D eigenvalue weighted by Gasteiger charge is 2.30. The largest absolute Gasteiger partial charge is 0.573 e. The van der Waals surface area contributed by atoms with Gasteiger partial charge in [-0.25, -0.2) is 4.79 Å². The Bertz CT molecular complexity index is 1240. The fourth-order valence-corrected chi connectivity index (χ4v) is 3.40. The molecular weight excluding hydrogens is 443 g/mol. The lowest BCUT2D eigenvalue weighted by atomic mass is 10.0. The topological polar surface area (TPSA) is 66.2 Å². The summed E-state index contributed by atoms with van der Waals surface area (Å²) in [6, 6.07) is 17.8. The number of hydrogen-bond donors (Lipinski definition) is 3. The number of alkyl halides is 3. The van der Waals surface area contributed by atoms with Crippen LogP contribution in [0.4, 0.5) is 29.3 Å². The van der Waals surface area contributed by atoms with Gasteiger partial charge < -0.3 is 20.4 Å². The maximum Gasteiger partial charge on any atom is 0.573 e. The fourth-order valence-electron chi connectivity index (χ4n) is 3.23. The number of amides is 2. The van der Waals surface area contributed by atoms with Gasteiger partial charge in [-0.1, -0.05) is 35.9 Å². The van der Waals surface area contributed by atoms with E-state index in [0.29, 0.717) is 22.8 Å². The van der Waals surface area contributed by atoms with Crippen LogP contribution >= 0.6 is 11.6 Å². The van der Waals surface area contributed by atoms with E-state index in [1.807, 2.05) is 18.2 Å². The van der Waals surface area contributed by atoms with Crippen molar-refractivity contribution in [2.45, 2.75) is 12.8 Å². The Balaban J connectivity index is 1.35. The molecule has 0 spiro atoms. The third kappa shape index (κ3) is 5.53. The van der Waals surface area contributed by atoms with E-state index >= 15 is 0 Å². The molecule has 0 aliphatic rings. The van der Waals surface area contributed by atoms with E-state index < -0.39 is 12.4 Å². The van der Waals surface area contributed by atoms with Crippen molar-refractivity contribution in [3.8, 4) is 5.75 Å². The Morgan fingerprint density at radius 3 is 2.25 bits per heavy atom. The first-order valence-corrected chi connectivity index (χ1v) is 9.91. The number of fused-ring (bicyclic) bond motifs is 1. The molecule has 1 aromatic heterocycles. The molecule has 32 heavy (non-hydrogen) atoms. The number of aromatic amines is 1. The second kappa shape index (κ2) is 8.84. The molecule has 3 aromatic carbocycles. The second-order valence-electron chi connectivity index (χ2n) is 7.04. The second-order valence-corrected chi connectivity index (χ2v) is 7.47. The van der Waals surface area contributed by atoms with Gasteiger partial charge in [-0.2, -0.15) is 0 Å². The Labute approximate surface area is 186 Å². The quantitative estimate of drug-likeness (QED) is 0.302. The highest BCUT2D eigenvalue weighted by atomic mass is 35.5. The van der Waals surface area contributed by atoms with Crippen LogP contribution in [-0.2, 0) is 6.42 Å². The van der Waals surface area contributed by atoms with E-state index in [4.69, 9.17) is 11.6 Å². The number of benzene rings is 3. The van der Waals surface area contributed by atoms with Crippen molar-refractivity contribution in [2.24, 2.45) is 0 Å². The van der Waals surface area contributed by atoms with Crippen molar-refractivity contribution in [2.75, 3.05) is 10.6 Å². The minimum atomic E-state index is -4.71. The maximum atomic E-state index is 12.4. The molecule has 0 bridgehead atoms. The summed E-state index contributed by atoms with van der Waals surface area (Å²) in [4.78, 5) is 15.4. The molecule has 0 fully saturated rings. The number of carbonyl (C=O) groups excluding carboxylic acids is 1. The van der Waals surface area contributed by atoms with Crippen LogP contribution in [0, 0.1) is 0 Å². The number of nitrogens with one attached hydrogen (secondary N) is 3. The molecule has 0 unspecified atom stereocenters. The summed E-state index contributed by atoms with van der Waals surface area (Å²) in [6.45, 7) is 0. The van der Waals surface area contributed by atoms with E-state index in [2.05, 4.69) is 20.4 Å². The first-order valence-electron chi connectivity index (χ1n) is 9.53. The lowest BCUT2D eigenvalue weighted by molar-refractivity contribution is -0.274. The Kier molecular flexibility index (Phi) is 5.96. The summed E-state index contributed by atoms with van der Waals surface area (Å²) in [7, 11) is 0. The van der Waals surface area contributed by atoms with E-state index in [9.17, 15) is 18.0 Å². The van der Waals surface area contributed by atoms with Crippen LogP contribution in [0.25, 0.3) is 10.9 Å². The molecule has 3 N–H and O–H groups in total. The zero-order valence-corrected chi connectivity index (χ0v) is 17.2. The van der Waals surface area contributed by atoms with Crippen molar-refractivity contribution in [3.05, 3.63) is 89.1 Å². The standard InChI is InChI=1S/C23H17ClF3N3O2/c24-16-5-10-20-19(12-16)21(13-28-20)30-22(31)29-17-6-1-14(2-7-17)11-15-3-8-18(9-4-15)32-23(25,26)27/h1-10,12-13,28H,11H2,(H2,29,30,31). The molecule has 2 amide bonds. The molecule has 0 saturated heterocycles. The molecule has 9 heteroatoms. The molecule has 0 radical (unpaired) electrons. The number of ether oxygens (including phenoxy) is 1. The smallest absolute Gasteiger partial charge is 0.406 e. The predicted molar refractivity (Wildman–Crippen MR) is 118 cm³/mol. The maximum absolute atomic E-state index is 12.4. The summed E-state index contributed by atoms with van der Waals surface area (Å²) in [5, 5.41) is 6.91. The van der Waals surface area contributed by atoms with Gasteiger partial charge in [0, 0.05) is 27.8 Å². The number of aromatic nitrogens is 1. The summed E-state index contributed by atoms with van der Waals surface area (Å²) < 4.78 is 40.6. The molecule has 5 nitrogen and oxygen atoms in total. The van der Waals surface area contributed by atoms with Crippen LogP contribution in [0.3, 0.4) is 0 Å². The predicted octanol–water partition coefficient (Wildman–Crippen LogP) is 6.95. The molecule has 0 aliphatic heterocycles. The van der Waals surface area contributed by atoms with Gasteiger partial charge in [0.1, 0.15) is 5.75 Å². The first-order chi connectivity index (χ1) is 15.2. The van der Waals surface area contributed by atoms with Crippen molar-refractivity contribution in [1.82, 2.24) is 4.98 Å². The van der Waals surface area contributed by atoms with Gasteiger partial charge in [-0.05, 0) is 60.0 Å². The summed E-state index contributed by atoms with van der Waals surface area (Å²) in [5.74, 6) is -0.260. The van der Waals surface area contributed by atoms with Crippen LogP contribution in [0.15, 0.2) is 72.9 Å². The number of carbonyl (C=O) groups is 1.